The van der Waals surface area contributed by atoms with Crippen LogP contribution >= 0.6 is 0 Å². The Morgan fingerprint density at radius 3 is 2.56 bits per heavy atom. The summed E-state index contributed by atoms with van der Waals surface area (Å²) in [6.45, 7) is 5.48. The summed E-state index contributed by atoms with van der Waals surface area (Å²) in [5.74, 6) is 0.857. The molecule has 1 atom stereocenters. The summed E-state index contributed by atoms with van der Waals surface area (Å²) in [5.41, 5.74) is 0. The SMILES string of the molecule is CCCC(C)CC[O][Sn]. The minimum atomic E-state index is 0.857. The van der Waals surface area contributed by atoms with Crippen LogP contribution in [0.25, 0.3) is 0 Å². The molecule has 0 rings (SSSR count). The van der Waals surface area contributed by atoms with E-state index in [4.69, 9.17) is 3.07 Å². The molecule has 0 saturated heterocycles. The summed E-state index contributed by atoms with van der Waals surface area (Å²) in [6.07, 6.45) is 3.89. The fourth-order valence-corrected chi connectivity index (χ4v) is 1.23. The molecular formula is C7H15OSn. The molecule has 0 amide bonds. The summed E-state index contributed by atoms with van der Waals surface area (Å²) in [4.78, 5) is 0. The van der Waals surface area contributed by atoms with Crippen molar-refractivity contribution in [3.63, 3.8) is 0 Å². The quantitative estimate of drug-likeness (QED) is 0.660. The topological polar surface area (TPSA) is 9.23 Å². The van der Waals surface area contributed by atoms with Gasteiger partial charge in [-0.15, -0.1) is 0 Å². The van der Waals surface area contributed by atoms with E-state index in [1.807, 2.05) is 0 Å². The molecule has 0 aliphatic rings. The van der Waals surface area contributed by atoms with Crippen molar-refractivity contribution in [3.05, 3.63) is 0 Å². The summed E-state index contributed by atoms with van der Waals surface area (Å²) in [6, 6.07) is 0. The van der Waals surface area contributed by atoms with Crippen LogP contribution in [0.3, 0.4) is 0 Å². The molecule has 0 heterocycles. The van der Waals surface area contributed by atoms with Crippen molar-refractivity contribution in [1.29, 1.82) is 0 Å². The van der Waals surface area contributed by atoms with E-state index in [0.717, 1.165) is 12.5 Å². The van der Waals surface area contributed by atoms with Crippen molar-refractivity contribution in [2.75, 3.05) is 6.61 Å². The third-order valence-corrected chi connectivity index (χ3v) is 2.08. The van der Waals surface area contributed by atoms with Gasteiger partial charge in [0.25, 0.3) is 0 Å². The van der Waals surface area contributed by atoms with Gasteiger partial charge < -0.3 is 0 Å². The second-order valence-corrected chi connectivity index (χ2v) is 3.35. The molecule has 0 fully saturated rings. The molecule has 1 unspecified atom stereocenters. The van der Waals surface area contributed by atoms with E-state index in [1.165, 1.54) is 42.2 Å². The van der Waals surface area contributed by atoms with E-state index in [-0.39, 0.29) is 0 Å². The third kappa shape index (κ3) is 6.65. The third-order valence-electron chi connectivity index (χ3n) is 1.49. The molecule has 0 aliphatic carbocycles. The van der Waals surface area contributed by atoms with Crippen LogP contribution in [0.5, 0.6) is 0 Å². The van der Waals surface area contributed by atoms with Gasteiger partial charge in [-0.25, -0.2) is 0 Å². The van der Waals surface area contributed by atoms with Crippen LogP contribution in [-0.2, 0) is 3.07 Å². The molecule has 3 radical (unpaired) electrons. The monoisotopic (exact) mass is 235 g/mol. The predicted octanol–water partition coefficient (Wildman–Crippen LogP) is 1.91. The van der Waals surface area contributed by atoms with Crippen LogP contribution in [0.4, 0.5) is 0 Å². The summed E-state index contributed by atoms with van der Waals surface area (Å²) < 4.78 is 5.05. The normalized spacial score (nSPS) is 13.7. The molecule has 0 spiro atoms. The van der Waals surface area contributed by atoms with E-state index in [9.17, 15) is 0 Å². The predicted molar refractivity (Wildman–Crippen MR) is 40.4 cm³/mol. The summed E-state index contributed by atoms with van der Waals surface area (Å²) >= 11 is 1.20. The molecule has 0 aromatic carbocycles. The Hall–Kier alpha value is 0.759. The maximum absolute atomic E-state index is 5.05. The Labute approximate surface area is 71.8 Å². The number of rotatable bonds is 5. The van der Waals surface area contributed by atoms with Crippen LogP contribution in [0, 0.1) is 5.92 Å². The zero-order valence-corrected chi connectivity index (χ0v) is 9.17. The van der Waals surface area contributed by atoms with E-state index < -0.39 is 0 Å². The van der Waals surface area contributed by atoms with Crippen molar-refractivity contribution in [2.24, 2.45) is 5.92 Å². The second kappa shape index (κ2) is 6.87. The number of hydrogen-bond acceptors (Lipinski definition) is 1. The first-order valence-corrected chi connectivity index (χ1v) is 4.76. The average Bonchev–Trinajstić information content (AvgIpc) is 1.85. The Morgan fingerprint density at radius 2 is 2.11 bits per heavy atom. The van der Waals surface area contributed by atoms with Crippen molar-refractivity contribution < 1.29 is 3.07 Å². The zero-order valence-electron chi connectivity index (χ0n) is 6.31. The Bertz CT molecular complexity index is 56.9. The first-order valence-electron chi connectivity index (χ1n) is 3.59. The molecule has 0 aliphatic heterocycles. The molecule has 1 nitrogen and oxygen atoms in total. The van der Waals surface area contributed by atoms with Crippen molar-refractivity contribution >= 4 is 22.9 Å². The van der Waals surface area contributed by atoms with Crippen molar-refractivity contribution in [1.82, 2.24) is 0 Å². The molecular weight excluding hydrogens is 219 g/mol. The van der Waals surface area contributed by atoms with Crippen molar-refractivity contribution in [2.45, 2.75) is 33.1 Å². The van der Waals surface area contributed by atoms with Gasteiger partial charge in [-0.05, 0) is 0 Å². The number of hydrogen-bond donors (Lipinski definition) is 0. The zero-order chi connectivity index (χ0) is 7.11. The van der Waals surface area contributed by atoms with E-state index in [0.29, 0.717) is 0 Å². The Morgan fingerprint density at radius 1 is 1.44 bits per heavy atom. The molecule has 0 N–H and O–H groups in total. The molecule has 53 valence electrons. The standard InChI is InChI=1S/C7H15O.Sn/c1-3-4-7(2)5-6-8;/h7H,3-6H2,1-2H3;/q-1;+1. The van der Waals surface area contributed by atoms with Gasteiger partial charge in [0.1, 0.15) is 0 Å². The van der Waals surface area contributed by atoms with Crippen LogP contribution < -0.4 is 0 Å². The van der Waals surface area contributed by atoms with Gasteiger partial charge >= 0.3 is 71.6 Å². The van der Waals surface area contributed by atoms with E-state index >= 15 is 0 Å². The fourth-order valence-electron chi connectivity index (χ4n) is 0.897. The average molecular weight is 234 g/mol. The van der Waals surface area contributed by atoms with Gasteiger partial charge in [-0.1, -0.05) is 0 Å². The fraction of sp³-hybridized carbons (Fsp3) is 1.00. The van der Waals surface area contributed by atoms with Crippen LogP contribution in [-0.4, -0.2) is 29.5 Å². The first-order chi connectivity index (χ1) is 4.31. The van der Waals surface area contributed by atoms with Gasteiger partial charge in [0.15, 0.2) is 0 Å². The van der Waals surface area contributed by atoms with E-state index in [2.05, 4.69) is 13.8 Å². The Kier molecular flexibility index (Phi) is 7.45. The van der Waals surface area contributed by atoms with Gasteiger partial charge in [-0.3, -0.25) is 0 Å². The molecule has 9 heavy (non-hydrogen) atoms. The summed E-state index contributed by atoms with van der Waals surface area (Å²) in [7, 11) is 0. The van der Waals surface area contributed by atoms with Gasteiger partial charge in [-0.2, -0.15) is 0 Å². The van der Waals surface area contributed by atoms with Crippen LogP contribution in [0.1, 0.15) is 33.1 Å². The second-order valence-electron chi connectivity index (χ2n) is 2.53. The molecule has 0 bridgehead atoms. The first kappa shape index (κ1) is 9.76. The van der Waals surface area contributed by atoms with E-state index in [1.54, 1.807) is 0 Å². The molecule has 2 heteroatoms. The minimum absolute atomic E-state index is 0.857. The maximum atomic E-state index is 5.05. The van der Waals surface area contributed by atoms with Gasteiger partial charge in [0, 0.05) is 0 Å². The van der Waals surface area contributed by atoms with Gasteiger partial charge in [0.2, 0.25) is 0 Å². The molecule has 0 saturated carbocycles. The van der Waals surface area contributed by atoms with Crippen molar-refractivity contribution in [3.8, 4) is 0 Å². The Balaban J connectivity index is 2.95. The molecule has 0 aromatic heterocycles. The van der Waals surface area contributed by atoms with Gasteiger partial charge in [0.05, 0.1) is 0 Å². The summed E-state index contributed by atoms with van der Waals surface area (Å²) in [5, 5.41) is 0. The molecule has 0 aromatic rings. The van der Waals surface area contributed by atoms with Crippen LogP contribution in [0.2, 0.25) is 0 Å². The van der Waals surface area contributed by atoms with Crippen LogP contribution in [0.15, 0.2) is 0 Å².